The Hall–Kier alpha value is -1.94. The average molecular weight is 361 g/mol. The Morgan fingerprint density at radius 3 is 2.21 bits per heavy atom. The molecule has 1 aromatic heterocycles. The minimum atomic E-state index is -6.41. The predicted octanol–water partition coefficient (Wildman–Crippen LogP) is 3.98. The van der Waals surface area contributed by atoms with Gasteiger partial charge in [-0.3, -0.25) is 0 Å². The number of furan rings is 1. The van der Waals surface area contributed by atoms with Crippen molar-refractivity contribution in [3.63, 3.8) is 0 Å². The molecular weight excluding hydrogens is 347 g/mol. The number of rotatable bonds is 5. The van der Waals surface area contributed by atoms with E-state index in [0.29, 0.717) is 17.5 Å². The summed E-state index contributed by atoms with van der Waals surface area (Å²) in [5, 5.41) is 2.73. The van der Waals surface area contributed by atoms with E-state index in [1.165, 1.54) is 12.1 Å². The molecule has 0 radical (unpaired) electrons. The summed E-state index contributed by atoms with van der Waals surface area (Å²) in [5.41, 5.74) is 0.536. The van der Waals surface area contributed by atoms with Gasteiger partial charge < -0.3 is 9.32 Å². The van der Waals surface area contributed by atoms with Gasteiger partial charge in [0.05, 0.1) is 6.21 Å². The fourth-order valence-corrected chi connectivity index (χ4v) is 2.12. The maximum Gasteiger partial charge on any atom is 0.462 e. The van der Waals surface area contributed by atoms with Gasteiger partial charge in [0.15, 0.2) is 5.88 Å². The van der Waals surface area contributed by atoms with Gasteiger partial charge in [0.25, 0.3) is 0 Å². The molecule has 1 fully saturated rings. The van der Waals surface area contributed by atoms with Crippen molar-refractivity contribution in [2.24, 2.45) is 5.10 Å². The molecule has 0 unspecified atom stereocenters. The fourth-order valence-electron chi connectivity index (χ4n) is 2.12. The first-order chi connectivity index (χ1) is 11.0. The zero-order valence-corrected chi connectivity index (χ0v) is 12.2. The third kappa shape index (κ3) is 3.75. The van der Waals surface area contributed by atoms with Crippen LogP contribution in [0.15, 0.2) is 21.7 Å². The molecule has 136 valence electrons. The van der Waals surface area contributed by atoms with Crippen molar-refractivity contribution in [3.8, 4) is 0 Å². The maximum atomic E-state index is 13.0. The van der Waals surface area contributed by atoms with Crippen LogP contribution in [0, 0.1) is 0 Å². The largest absolute Gasteiger partial charge is 0.462 e. The number of hydrogen-bond donors (Lipinski definition) is 1. The lowest BCUT2D eigenvalue weighted by molar-refractivity contribution is -0.361. The smallest absolute Gasteiger partial charge is 0.440 e. The molecule has 0 bridgehead atoms. The van der Waals surface area contributed by atoms with Crippen LogP contribution in [0.3, 0.4) is 0 Å². The van der Waals surface area contributed by atoms with Crippen molar-refractivity contribution < 1.29 is 35.2 Å². The summed E-state index contributed by atoms with van der Waals surface area (Å²) in [6, 6.07) is -2.71. The summed E-state index contributed by atoms with van der Waals surface area (Å²) >= 11 is 0. The van der Waals surface area contributed by atoms with E-state index in [1.54, 1.807) is 0 Å². The second kappa shape index (κ2) is 6.52. The summed E-state index contributed by atoms with van der Waals surface area (Å²) < 4.78 is 92.3. The average Bonchev–Trinajstić information content (AvgIpc) is 2.95. The van der Waals surface area contributed by atoms with Gasteiger partial charge in [-0.1, -0.05) is 0 Å². The standard InChI is InChI=1S/C13H14F7N3O/c14-11(15,12(16,17)18)13(19,20)22-21-8-9-4-5-10(24-9)23-6-2-1-3-7-23/h4-5,8,22H,1-3,6-7H2/b21-8+. The highest BCUT2D eigenvalue weighted by molar-refractivity contribution is 5.76. The second-order valence-corrected chi connectivity index (χ2v) is 5.24. The third-order valence-corrected chi connectivity index (χ3v) is 3.43. The summed E-state index contributed by atoms with van der Waals surface area (Å²) in [4.78, 5) is 1.90. The summed E-state index contributed by atoms with van der Waals surface area (Å²) in [6.45, 7) is 1.50. The predicted molar refractivity (Wildman–Crippen MR) is 71.5 cm³/mol. The van der Waals surface area contributed by atoms with Crippen molar-refractivity contribution in [2.75, 3.05) is 18.0 Å². The van der Waals surface area contributed by atoms with E-state index in [2.05, 4.69) is 5.10 Å². The van der Waals surface area contributed by atoms with E-state index >= 15 is 0 Å². The lowest BCUT2D eigenvalue weighted by atomic mass is 10.1. The summed E-state index contributed by atoms with van der Waals surface area (Å²) in [5.74, 6) is -5.88. The molecule has 1 aromatic rings. The van der Waals surface area contributed by atoms with Gasteiger partial charge in [0.2, 0.25) is 0 Å². The van der Waals surface area contributed by atoms with Gasteiger partial charge in [-0.2, -0.15) is 35.8 Å². The Bertz CT molecular complexity index is 576. The van der Waals surface area contributed by atoms with E-state index in [1.807, 2.05) is 4.90 Å². The summed E-state index contributed by atoms with van der Waals surface area (Å²) in [7, 11) is 0. The lowest BCUT2D eigenvalue weighted by Crippen LogP contribution is -2.58. The van der Waals surface area contributed by atoms with Gasteiger partial charge >= 0.3 is 18.1 Å². The van der Waals surface area contributed by atoms with Gasteiger partial charge in [-0.25, -0.2) is 5.43 Å². The number of alkyl halides is 7. The van der Waals surface area contributed by atoms with E-state index in [-0.39, 0.29) is 5.76 Å². The van der Waals surface area contributed by atoms with Gasteiger partial charge in [0, 0.05) is 19.2 Å². The van der Waals surface area contributed by atoms with Crippen LogP contribution in [0.1, 0.15) is 25.0 Å². The summed E-state index contributed by atoms with van der Waals surface area (Å²) in [6.07, 6.45) is -2.80. The third-order valence-electron chi connectivity index (χ3n) is 3.43. The molecule has 0 atom stereocenters. The molecule has 1 aliphatic heterocycles. The van der Waals surface area contributed by atoms with Crippen molar-refractivity contribution >= 4 is 12.1 Å². The van der Waals surface area contributed by atoms with Crippen molar-refractivity contribution in [2.45, 2.75) is 37.4 Å². The second-order valence-electron chi connectivity index (χ2n) is 5.24. The van der Waals surface area contributed by atoms with Gasteiger partial charge in [-0.05, 0) is 25.3 Å². The molecule has 0 amide bonds. The van der Waals surface area contributed by atoms with Crippen molar-refractivity contribution in [1.29, 1.82) is 0 Å². The maximum absolute atomic E-state index is 13.0. The molecule has 0 aromatic carbocycles. The number of nitrogens with one attached hydrogen (secondary N) is 1. The van der Waals surface area contributed by atoms with Crippen molar-refractivity contribution in [3.05, 3.63) is 17.9 Å². The minimum absolute atomic E-state index is 0.0609. The monoisotopic (exact) mass is 361 g/mol. The Labute approximate surface area is 132 Å². The molecule has 0 saturated carbocycles. The van der Waals surface area contributed by atoms with Crippen LogP contribution in [0.4, 0.5) is 36.6 Å². The number of halogens is 7. The van der Waals surface area contributed by atoms with E-state index < -0.39 is 18.1 Å². The Balaban J connectivity index is 2.00. The van der Waals surface area contributed by atoms with Crippen LogP contribution in [-0.4, -0.2) is 37.4 Å². The van der Waals surface area contributed by atoms with Gasteiger partial charge in [-0.15, -0.1) is 0 Å². The van der Waals surface area contributed by atoms with Crippen LogP contribution in [-0.2, 0) is 0 Å². The number of anilines is 1. The normalized spacial score (nSPS) is 17.5. The fraction of sp³-hybridized carbons (Fsp3) is 0.615. The lowest BCUT2D eigenvalue weighted by Gasteiger charge is -2.27. The molecule has 2 heterocycles. The van der Waals surface area contributed by atoms with Crippen LogP contribution in [0.2, 0.25) is 0 Å². The SMILES string of the molecule is FC(F)(F)C(F)(F)C(F)(F)N/N=C/c1ccc(N2CCCCC2)o1. The van der Waals surface area contributed by atoms with Crippen LogP contribution >= 0.6 is 0 Å². The highest BCUT2D eigenvalue weighted by Crippen LogP contribution is 2.44. The number of hydrogen-bond acceptors (Lipinski definition) is 4. The Kier molecular flexibility index (Phi) is 5.00. The quantitative estimate of drug-likeness (QED) is 0.373. The highest BCUT2D eigenvalue weighted by Gasteiger charge is 2.73. The van der Waals surface area contributed by atoms with Crippen LogP contribution < -0.4 is 10.3 Å². The topological polar surface area (TPSA) is 40.8 Å². The number of hydrazone groups is 1. The Morgan fingerprint density at radius 2 is 1.62 bits per heavy atom. The number of nitrogens with zero attached hydrogens (tertiary/aromatic N) is 2. The molecule has 1 N–H and O–H groups in total. The van der Waals surface area contributed by atoms with E-state index in [9.17, 15) is 30.7 Å². The molecule has 1 saturated heterocycles. The molecule has 4 nitrogen and oxygen atoms in total. The van der Waals surface area contributed by atoms with E-state index in [4.69, 9.17) is 4.42 Å². The molecular formula is C13H14F7N3O. The molecule has 0 aliphatic carbocycles. The van der Waals surface area contributed by atoms with Crippen molar-refractivity contribution in [1.82, 2.24) is 5.43 Å². The molecule has 1 aliphatic rings. The Morgan fingerprint density at radius 1 is 1.00 bits per heavy atom. The van der Waals surface area contributed by atoms with Gasteiger partial charge in [0.1, 0.15) is 5.76 Å². The molecule has 2 rings (SSSR count). The number of piperidine rings is 1. The minimum Gasteiger partial charge on any atom is -0.440 e. The zero-order valence-electron chi connectivity index (χ0n) is 12.2. The van der Waals surface area contributed by atoms with Crippen LogP contribution in [0.25, 0.3) is 0 Å². The molecule has 24 heavy (non-hydrogen) atoms. The molecule has 0 spiro atoms. The first-order valence-electron chi connectivity index (χ1n) is 7.02. The van der Waals surface area contributed by atoms with E-state index in [0.717, 1.165) is 32.4 Å². The zero-order chi connectivity index (χ0) is 18.0. The molecule has 11 heteroatoms. The van der Waals surface area contributed by atoms with Crippen LogP contribution in [0.5, 0.6) is 0 Å². The first-order valence-corrected chi connectivity index (χ1v) is 7.02. The highest BCUT2D eigenvalue weighted by atomic mass is 19.4. The first kappa shape index (κ1) is 18.4.